The molecule has 4 aliphatic rings. The molecule has 2 N–H and O–H groups in total. The van der Waals surface area contributed by atoms with Gasteiger partial charge in [0.25, 0.3) is 0 Å². The number of methoxy groups -OCH3 is 1. The smallest absolute Gasteiger partial charge is 0.410 e. The lowest BCUT2D eigenvalue weighted by Crippen LogP contribution is -2.52. The summed E-state index contributed by atoms with van der Waals surface area (Å²) < 4.78 is 10.4. The Balaban J connectivity index is 0.950. The number of para-hydroxylation sites is 1. The number of anilines is 1. The third-order valence-electron chi connectivity index (χ3n) is 10.4. The van der Waals surface area contributed by atoms with Gasteiger partial charge in [-0.25, -0.2) is 19.6 Å². The molecule has 0 saturated carbocycles. The maximum absolute atomic E-state index is 13.9. The number of carbonyl (C=O) groups excluding carboxylic acids is 3. The topological polar surface area (TPSA) is 142 Å². The number of imidazole rings is 1. The second-order valence-electron chi connectivity index (χ2n) is 15.0. The van der Waals surface area contributed by atoms with Crippen molar-refractivity contribution in [2.45, 2.75) is 82.6 Å². The number of carbonyl (C=O) groups is 3. The number of H-pyrrole nitrogens is 1. The number of amides is 3. The van der Waals surface area contributed by atoms with Crippen molar-refractivity contribution in [2.75, 3.05) is 18.6 Å². The zero-order valence-corrected chi connectivity index (χ0v) is 30.3. The third kappa shape index (κ3) is 6.69. The second-order valence-corrected chi connectivity index (χ2v) is 15.0. The van der Waals surface area contributed by atoms with Crippen LogP contribution < -0.4 is 10.2 Å². The number of hydrogen-bond donors (Lipinski definition) is 2. The van der Waals surface area contributed by atoms with Crippen LogP contribution in [0.1, 0.15) is 74.6 Å². The summed E-state index contributed by atoms with van der Waals surface area (Å²) in [6.07, 6.45) is 6.25. The van der Waals surface area contributed by atoms with Gasteiger partial charge in [-0.3, -0.25) is 19.6 Å². The summed E-state index contributed by atoms with van der Waals surface area (Å²) in [5, 5.41) is 2.73. The standard InChI is InChI=1S/C41H43N7O5/c1-41(2,3)53-40(51)47-20-6-9-33(47)36-42-22-31(44-36)26-14-10-24(11-15-26)25-12-16-27(17-13-25)32-23-43-37(45-32)34-21-29-8-5-7-28-18-19-30(46-39(50)52-4)38(49)48(34)35(28)29/h5,7-8,10-17,22-23,30,32-34H,6,9,18-21H2,1-4H3,(H,42,44)(H,46,50)/t30-,32?,33-,34?/m0/s1. The zero-order chi connectivity index (χ0) is 36.9. The molecule has 53 heavy (non-hydrogen) atoms. The van der Waals surface area contributed by atoms with Gasteiger partial charge < -0.3 is 19.8 Å². The van der Waals surface area contributed by atoms with E-state index in [2.05, 4.69) is 69.9 Å². The van der Waals surface area contributed by atoms with Gasteiger partial charge in [0, 0.05) is 19.2 Å². The minimum atomic E-state index is -0.697. The van der Waals surface area contributed by atoms with E-state index in [1.165, 1.54) is 7.11 Å². The number of likely N-dealkylation sites (tertiary alicyclic amines) is 1. The summed E-state index contributed by atoms with van der Waals surface area (Å²) in [6, 6.07) is 21.3. The molecule has 5 heterocycles. The van der Waals surface area contributed by atoms with Crippen LogP contribution in [0.15, 0.2) is 82.9 Å². The molecule has 8 rings (SSSR count). The number of nitrogens with zero attached hydrogens (tertiary/aromatic N) is 5. The number of alkyl carbamates (subject to hydrolysis) is 1. The van der Waals surface area contributed by atoms with Gasteiger partial charge in [-0.05, 0) is 79.8 Å². The molecule has 3 aromatic carbocycles. The Kier molecular flexibility index (Phi) is 8.84. The van der Waals surface area contributed by atoms with Crippen molar-refractivity contribution in [3.63, 3.8) is 0 Å². The van der Waals surface area contributed by atoms with Crippen molar-refractivity contribution < 1.29 is 23.9 Å². The number of rotatable bonds is 6. The van der Waals surface area contributed by atoms with Crippen LogP contribution >= 0.6 is 0 Å². The van der Waals surface area contributed by atoms with Crippen LogP contribution in [0.2, 0.25) is 0 Å². The minimum Gasteiger partial charge on any atom is -0.453 e. The maximum atomic E-state index is 13.9. The first-order valence-corrected chi connectivity index (χ1v) is 18.2. The molecule has 3 amide bonds. The number of benzene rings is 3. The molecule has 1 saturated heterocycles. The van der Waals surface area contributed by atoms with Crippen LogP contribution in [0.3, 0.4) is 0 Å². The molecule has 1 fully saturated rings. The zero-order valence-electron chi connectivity index (χ0n) is 30.3. The van der Waals surface area contributed by atoms with E-state index in [1.54, 1.807) is 9.80 Å². The first kappa shape index (κ1) is 34.3. The SMILES string of the molecule is COC(=O)N[C@H]1CCc2cccc3c2N(C1=O)C(C1=NC(c2ccc(-c4ccc(-c5cnc([C@@H]6CCCN6C(=O)OC(C)(C)C)[nH]5)cc4)cc2)C=N1)C3. The van der Waals surface area contributed by atoms with E-state index in [0.717, 1.165) is 63.4 Å². The van der Waals surface area contributed by atoms with Gasteiger partial charge in [0.1, 0.15) is 35.4 Å². The first-order chi connectivity index (χ1) is 25.6. The van der Waals surface area contributed by atoms with Crippen molar-refractivity contribution >= 4 is 35.8 Å². The largest absolute Gasteiger partial charge is 0.453 e. The van der Waals surface area contributed by atoms with E-state index in [-0.39, 0.29) is 30.1 Å². The van der Waals surface area contributed by atoms with E-state index < -0.39 is 17.7 Å². The Morgan fingerprint density at radius 1 is 0.925 bits per heavy atom. The van der Waals surface area contributed by atoms with Crippen molar-refractivity contribution in [3.05, 3.63) is 95.4 Å². The molecule has 4 atom stereocenters. The number of nitrogens with one attached hydrogen (secondary N) is 2. The van der Waals surface area contributed by atoms with Gasteiger partial charge in [0.05, 0.1) is 30.7 Å². The molecule has 4 aromatic rings. The van der Waals surface area contributed by atoms with Gasteiger partial charge in [-0.2, -0.15) is 0 Å². The average Bonchev–Trinajstić information content (AvgIpc) is 3.97. The van der Waals surface area contributed by atoms with Crippen molar-refractivity contribution in [3.8, 4) is 22.4 Å². The highest BCUT2D eigenvalue weighted by Crippen LogP contribution is 2.41. The summed E-state index contributed by atoms with van der Waals surface area (Å²) in [4.78, 5) is 60.2. The Morgan fingerprint density at radius 2 is 1.64 bits per heavy atom. The third-order valence-corrected chi connectivity index (χ3v) is 10.4. The Morgan fingerprint density at radius 3 is 2.38 bits per heavy atom. The summed E-state index contributed by atoms with van der Waals surface area (Å²) in [5.74, 6) is 1.20. The minimum absolute atomic E-state index is 0.136. The lowest BCUT2D eigenvalue weighted by Gasteiger charge is -2.27. The Bertz CT molecular complexity index is 2120. The molecule has 12 nitrogen and oxygen atoms in total. The summed E-state index contributed by atoms with van der Waals surface area (Å²) >= 11 is 0. The summed E-state index contributed by atoms with van der Waals surface area (Å²) in [5.41, 5.74) is 7.59. The molecule has 2 unspecified atom stereocenters. The van der Waals surface area contributed by atoms with Gasteiger partial charge in [0.2, 0.25) is 5.91 Å². The summed E-state index contributed by atoms with van der Waals surface area (Å²) in [7, 11) is 1.30. The number of aromatic amines is 1. The second kappa shape index (κ2) is 13.6. The molecule has 4 aliphatic heterocycles. The normalized spacial score (nSPS) is 22.0. The van der Waals surface area contributed by atoms with Crippen molar-refractivity contribution in [2.24, 2.45) is 9.98 Å². The lowest BCUT2D eigenvalue weighted by atomic mass is 10.00. The highest BCUT2D eigenvalue weighted by Gasteiger charge is 2.44. The predicted molar refractivity (Wildman–Crippen MR) is 202 cm³/mol. The quantitative estimate of drug-likeness (QED) is 0.221. The van der Waals surface area contributed by atoms with Gasteiger partial charge in [-0.15, -0.1) is 0 Å². The molecule has 12 heteroatoms. The average molecular weight is 714 g/mol. The molecule has 0 spiro atoms. The van der Waals surface area contributed by atoms with E-state index in [1.807, 2.05) is 45.3 Å². The number of aliphatic imine (C=N–C) groups is 2. The molecule has 0 bridgehead atoms. The van der Waals surface area contributed by atoms with E-state index in [0.29, 0.717) is 31.6 Å². The van der Waals surface area contributed by atoms with Gasteiger partial charge in [-0.1, -0.05) is 66.7 Å². The highest BCUT2D eigenvalue weighted by atomic mass is 16.6. The van der Waals surface area contributed by atoms with Crippen LogP contribution in [-0.2, 0) is 27.1 Å². The molecule has 272 valence electrons. The van der Waals surface area contributed by atoms with Gasteiger partial charge >= 0.3 is 12.2 Å². The Hall–Kier alpha value is -5.78. The lowest BCUT2D eigenvalue weighted by molar-refractivity contribution is -0.120. The van der Waals surface area contributed by atoms with Crippen molar-refractivity contribution in [1.82, 2.24) is 20.2 Å². The number of aromatic nitrogens is 2. The highest BCUT2D eigenvalue weighted by molar-refractivity contribution is 6.11. The van der Waals surface area contributed by atoms with E-state index in [4.69, 9.17) is 19.5 Å². The molecular formula is C41H43N7O5. The summed E-state index contributed by atoms with van der Waals surface area (Å²) in [6.45, 7) is 6.28. The number of ether oxygens (including phenoxy) is 2. The van der Waals surface area contributed by atoms with Crippen LogP contribution in [0.4, 0.5) is 15.3 Å². The molecular weight excluding hydrogens is 670 g/mol. The monoisotopic (exact) mass is 713 g/mol. The Labute approximate surface area is 308 Å². The van der Waals surface area contributed by atoms with Crippen LogP contribution in [0.5, 0.6) is 0 Å². The van der Waals surface area contributed by atoms with Crippen LogP contribution in [-0.4, -0.2) is 76.4 Å². The van der Waals surface area contributed by atoms with Crippen molar-refractivity contribution in [1.29, 1.82) is 0 Å². The fourth-order valence-corrected chi connectivity index (χ4v) is 7.82. The van der Waals surface area contributed by atoms with Crippen LogP contribution in [0.25, 0.3) is 22.4 Å². The fraction of sp³-hybridized carbons (Fsp3) is 0.366. The van der Waals surface area contributed by atoms with Crippen LogP contribution in [0, 0.1) is 0 Å². The first-order valence-electron chi connectivity index (χ1n) is 18.2. The molecule has 0 radical (unpaired) electrons. The number of aryl methyl sites for hydroxylation is 1. The molecule has 0 aliphatic carbocycles. The predicted octanol–water partition coefficient (Wildman–Crippen LogP) is 6.97. The molecule has 1 aromatic heterocycles. The maximum Gasteiger partial charge on any atom is 0.410 e. The van der Waals surface area contributed by atoms with Gasteiger partial charge in [0.15, 0.2) is 0 Å². The fourth-order valence-electron chi connectivity index (χ4n) is 7.82. The number of hydrogen-bond acceptors (Lipinski definition) is 8. The van der Waals surface area contributed by atoms with E-state index in [9.17, 15) is 14.4 Å². The number of amidine groups is 1. The van der Waals surface area contributed by atoms with E-state index >= 15 is 0 Å².